The molecule has 0 aliphatic carbocycles. The molecule has 0 spiro atoms. The Hall–Kier alpha value is -1.85. The first-order chi connectivity index (χ1) is 7.65. The van der Waals surface area contributed by atoms with Crippen LogP contribution in [0.4, 0.5) is 0 Å². The third-order valence-electron chi connectivity index (χ3n) is 1.99. The Balaban J connectivity index is 2.32. The van der Waals surface area contributed by atoms with Crippen LogP contribution in [0.25, 0.3) is 0 Å². The van der Waals surface area contributed by atoms with E-state index in [1.54, 1.807) is 0 Å². The lowest BCUT2D eigenvalue weighted by Crippen LogP contribution is -2.16. The van der Waals surface area contributed by atoms with Crippen LogP contribution in [-0.4, -0.2) is 20.9 Å². The number of rotatable bonds is 6. The molecular weight excluding hydrogens is 214 g/mol. The van der Waals surface area contributed by atoms with Gasteiger partial charge >= 0.3 is 5.97 Å². The molecule has 0 unspecified atom stereocenters. The molecule has 90 valence electrons. The molecule has 0 fully saturated rings. The van der Waals surface area contributed by atoms with Gasteiger partial charge in [0.25, 0.3) is 0 Å². The zero-order valence-electron chi connectivity index (χ0n) is 9.05. The Kier molecular flexibility index (Phi) is 4.50. The van der Waals surface area contributed by atoms with Crippen molar-refractivity contribution in [1.82, 2.24) is 4.73 Å². The molecule has 0 aliphatic heterocycles. The smallest absolute Gasteiger partial charge is 0.357 e. The number of aromatic nitrogens is 1. The van der Waals surface area contributed by atoms with E-state index in [1.165, 1.54) is 12.1 Å². The minimum atomic E-state index is -0.541. The van der Waals surface area contributed by atoms with Crippen molar-refractivity contribution < 1.29 is 24.9 Å². The second kappa shape index (κ2) is 5.89. The summed E-state index contributed by atoms with van der Waals surface area (Å²) in [6, 6.07) is 2.42. The number of hydrogen-bond donors (Lipinski definition) is 2. The fourth-order valence-electron chi connectivity index (χ4n) is 1.12. The number of carbonyl (C=O) groups excluding carboxylic acids is 1. The van der Waals surface area contributed by atoms with Gasteiger partial charge in [0.15, 0.2) is 0 Å². The molecule has 0 aliphatic rings. The Morgan fingerprint density at radius 1 is 1.31 bits per heavy atom. The molecule has 6 heteroatoms. The summed E-state index contributed by atoms with van der Waals surface area (Å²) >= 11 is 0. The van der Waals surface area contributed by atoms with Crippen LogP contribution in [-0.2, 0) is 9.68 Å². The van der Waals surface area contributed by atoms with Gasteiger partial charge in [-0.3, -0.25) is 0 Å². The van der Waals surface area contributed by atoms with E-state index in [2.05, 4.69) is 9.88 Å². The summed E-state index contributed by atoms with van der Waals surface area (Å²) in [5, 5.41) is 18.3. The van der Waals surface area contributed by atoms with Crippen molar-refractivity contribution in [2.75, 3.05) is 0 Å². The summed E-state index contributed by atoms with van der Waals surface area (Å²) in [5.74, 6) is -1.24. The first kappa shape index (κ1) is 12.2. The van der Waals surface area contributed by atoms with Gasteiger partial charge in [-0.25, -0.2) is 9.68 Å². The molecule has 0 atom stereocenters. The van der Waals surface area contributed by atoms with Gasteiger partial charge in [0, 0.05) is 12.1 Å². The molecular formula is C10H15NO5. The molecule has 1 rings (SSSR count). The highest BCUT2D eigenvalue weighted by atomic mass is 17.3. The van der Waals surface area contributed by atoms with E-state index in [0.717, 1.165) is 19.3 Å². The van der Waals surface area contributed by atoms with Crippen LogP contribution >= 0.6 is 0 Å². The van der Waals surface area contributed by atoms with Crippen molar-refractivity contribution in [3.63, 3.8) is 0 Å². The van der Waals surface area contributed by atoms with Crippen molar-refractivity contribution in [3.8, 4) is 11.8 Å². The number of unbranched alkanes of at least 4 members (excludes halogenated alkanes) is 2. The van der Waals surface area contributed by atoms with Crippen molar-refractivity contribution in [3.05, 3.63) is 12.1 Å². The lowest BCUT2D eigenvalue weighted by Gasteiger charge is -2.05. The molecule has 1 aromatic heterocycles. The Morgan fingerprint density at radius 3 is 2.50 bits per heavy atom. The highest BCUT2D eigenvalue weighted by molar-refractivity contribution is 5.68. The Labute approximate surface area is 92.9 Å². The zero-order valence-corrected chi connectivity index (χ0v) is 9.05. The lowest BCUT2D eigenvalue weighted by molar-refractivity contribution is -0.275. The molecule has 0 bridgehead atoms. The predicted molar refractivity (Wildman–Crippen MR) is 54.6 cm³/mol. The maximum absolute atomic E-state index is 11.1. The number of aromatic hydroxyl groups is 2. The minimum absolute atomic E-state index is 0.247. The van der Waals surface area contributed by atoms with Crippen LogP contribution < -0.4 is 4.99 Å². The van der Waals surface area contributed by atoms with Gasteiger partial charge in [0.2, 0.25) is 11.8 Å². The number of carbonyl (C=O) groups is 1. The quantitative estimate of drug-likeness (QED) is 0.437. The van der Waals surface area contributed by atoms with Gasteiger partial charge in [0.05, 0.1) is 6.42 Å². The monoisotopic (exact) mass is 229 g/mol. The van der Waals surface area contributed by atoms with E-state index in [4.69, 9.17) is 10.2 Å². The fraction of sp³-hybridized carbons (Fsp3) is 0.500. The molecule has 1 aromatic rings. The van der Waals surface area contributed by atoms with Gasteiger partial charge in [-0.05, 0) is 6.42 Å². The van der Waals surface area contributed by atoms with Crippen LogP contribution in [0, 0.1) is 0 Å². The van der Waals surface area contributed by atoms with Crippen LogP contribution in [0.15, 0.2) is 12.1 Å². The van der Waals surface area contributed by atoms with Crippen molar-refractivity contribution in [1.29, 1.82) is 0 Å². The second-order valence-corrected chi connectivity index (χ2v) is 3.33. The van der Waals surface area contributed by atoms with E-state index in [-0.39, 0.29) is 18.2 Å². The lowest BCUT2D eigenvalue weighted by atomic mass is 10.2. The van der Waals surface area contributed by atoms with Gasteiger partial charge in [0.1, 0.15) is 0 Å². The van der Waals surface area contributed by atoms with E-state index in [0.29, 0.717) is 4.73 Å². The molecule has 0 aromatic carbocycles. The van der Waals surface area contributed by atoms with Gasteiger partial charge in [-0.1, -0.05) is 24.5 Å². The maximum Gasteiger partial charge on any atom is 0.357 e. The van der Waals surface area contributed by atoms with E-state index in [9.17, 15) is 4.79 Å². The molecule has 0 amide bonds. The van der Waals surface area contributed by atoms with E-state index < -0.39 is 5.97 Å². The SMILES string of the molecule is CCCCCC(=O)OOn1c(O)ccc1O. The zero-order chi connectivity index (χ0) is 12.0. The Morgan fingerprint density at radius 2 is 1.94 bits per heavy atom. The second-order valence-electron chi connectivity index (χ2n) is 3.33. The molecule has 6 nitrogen and oxygen atoms in total. The summed E-state index contributed by atoms with van der Waals surface area (Å²) in [6.45, 7) is 2.03. The molecule has 0 saturated heterocycles. The van der Waals surface area contributed by atoms with E-state index >= 15 is 0 Å². The van der Waals surface area contributed by atoms with Crippen LogP contribution in [0.3, 0.4) is 0 Å². The predicted octanol–water partition coefficient (Wildman–Crippen LogP) is 1.37. The maximum atomic E-state index is 11.1. The van der Waals surface area contributed by atoms with Gasteiger partial charge < -0.3 is 10.2 Å². The normalized spacial score (nSPS) is 10.1. The van der Waals surface area contributed by atoms with Crippen LogP contribution in [0.5, 0.6) is 11.8 Å². The van der Waals surface area contributed by atoms with Gasteiger partial charge in [-0.2, -0.15) is 4.99 Å². The first-order valence-corrected chi connectivity index (χ1v) is 5.12. The van der Waals surface area contributed by atoms with Crippen molar-refractivity contribution in [2.45, 2.75) is 32.6 Å². The van der Waals surface area contributed by atoms with Crippen molar-refractivity contribution in [2.24, 2.45) is 0 Å². The molecule has 0 radical (unpaired) electrons. The summed E-state index contributed by atoms with van der Waals surface area (Å²) in [5.41, 5.74) is 0. The standard InChI is InChI=1S/C10H15NO5/c1-2-3-4-5-10(14)15-16-11-8(12)6-7-9(11)13/h6-7,12-13H,2-5H2,1H3. The minimum Gasteiger partial charge on any atom is -0.492 e. The van der Waals surface area contributed by atoms with Gasteiger partial charge in [-0.15, -0.1) is 0 Å². The molecule has 0 saturated carbocycles. The molecule has 1 heterocycles. The highest BCUT2D eigenvalue weighted by Gasteiger charge is 2.10. The topological polar surface area (TPSA) is 80.9 Å². The average Bonchev–Trinajstić information content (AvgIpc) is 2.57. The summed E-state index contributed by atoms with van der Waals surface area (Å²) in [6.07, 6.45) is 2.92. The summed E-state index contributed by atoms with van der Waals surface area (Å²) in [4.78, 5) is 20.0. The first-order valence-electron chi connectivity index (χ1n) is 5.12. The number of hydrogen-bond acceptors (Lipinski definition) is 5. The average molecular weight is 229 g/mol. The fourth-order valence-corrected chi connectivity index (χ4v) is 1.12. The van der Waals surface area contributed by atoms with E-state index in [1.807, 2.05) is 6.92 Å². The summed E-state index contributed by atoms with van der Waals surface area (Å²) in [7, 11) is 0. The largest absolute Gasteiger partial charge is 0.492 e. The van der Waals surface area contributed by atoms with Crippen molar-refractivity contribution >= 4 is 5.97 Å². The molecule has 2 N–H and O–H groups in total. The number of nitrogens with zero attached hydrogens (tertiary/aromatic N) is 1. The van der Waals surface area contributed by atoms with Crippen LogP contribution in [0.1, 0.15) is 32.6 Å². The molecule has 16 heavy (non-hydrogen) atoms. The summed E-state index contributed by atoms with van der Waals surface area (Å²) < 4.78 is 0.609. The van der Waals surface area contributed by atoms with Crippen LogP contribution in [0.2, 0.25) is 0 Å². The highest BCUT2D eigenvalue weighted by Crippen LogP contribution is 2.18. The third kappa shape index (κ3) is 3.38. The third-order valence-corrected chi connectivity index (χ3v) is 1.99. The Bertz CT molecular complexity index is 327.